The summed E-state index contributed by atoms with van der Waals surface area (Å²) in [6, 6.07) is 31.1. The molecule has 0 bridgehead atoms. The van der Waals surface area contributed by atoms with Crippen molar-refractivity contribution in [3.05, 3.63) is 119 Å². The zero-order chi connectivity index (χ0) is 30.2. The highest BCUT2D eigenvalue weighted by Crippen LogP contribution is 2.39. The van der Waals surface area contributed by atoms with Crippen LogP contribution in [0.15, 0.2) is 113 Å². The first kappa shape index (κ1) is 29.5. The molecule has 5 rings (SSSR count). The SMILES string of the molecule is COc1cc(C=Nc2ccccc2NC2=C(C(=S)Nc3ccccc3)C(=O)C[C@@H](c3ccccc3)C2)cc(OC)c1OC. The molecule has 8 heteroatoms. The fourth-order valence-corrected chi connectivity index (χ4v) is 5.50. The van der Waals surface area contributed by atoms with E-state index in [-0.39, 0.29) is 11.7 Å². The standard InChI is InChI=1S/C35H33N3O4S/c1-40-31-18-23(19-32(41-2)34(31)42-3)22-36-27-16-10-11-17-28(27)38-29-20-25(24-12-6-4-7-13-24)21-30(39)33(29)35(43)37-26-14-8-5-9-15-26/h4-19,22,25,38H,20-21H2,1-3H3,(H,37,43)/t25-/m0/s1. The van der Waals surface area contributed by atoms with Crippen molar-refractivity contribution >= 4 is 46.3 Å². The third-order valence-electron chi connectivity index (χ3n) is 7.22. The molecule has 2 N–H and O–H groups in total. The minimum atomic E-state index is -0.00515. The Hall–Kier alpha value is -4.95. The lowest BCUT2D eigenvalue weighted by molar-refractivity contribution is -0.115. The fourth-order valence-electron chi connectivity index (χ4n) is 5.14. The molecule has 0 spiro atoms. The second-order valence-corrected chi connectivity index (χ2v) is 10.4. The lowest BCUT2D eigenvalue weighted by Crippen LogP contribution is -2.29. The van der Waals surface area contributed by atoms with Crippen LogP contribution < -0.4 is 24.8 Å². The lowest BCUT2D eigenvalue weighted by Gasteiger charge is -2.28. The Morgan fingerprint density at radius 2 is 1.47 bits per heavy atom. The number of ketones is 1. The van der Waals surface area contributed by atoms with Crippen molar-refractivity contribution in [2.45, 2.75) is 18.8 Å². The summed E-state index contributed by atoms with van der Waals surface area (Å²) in [7, 11) is 4.72. The molecule has 4 aromatic rings. The predicted octanol–water partition coefficient (Wildman–Crippen LogP) is 7.72. The minimum absolute atomic E-state index is 0.00515. The number of hydrogen-bond donors (Lipinski definition) is 2. The van der Waals surface area contributed by atoms with Gasteiger partial charge in [0, 0.05) is 29.6 Å². The quantitative estimate of drug-likeness (QED) is 0.144. The van der Waals surface area contributed by atoms with Gasteiger partial charge in [-0.25, -0.2) is 0 Å². The number of anilines is 2. The summed E-state index contributed by atoms with van der Waals surface area (Å²) < 4.78 is 16.4. The number of nitrogens with zero attached hydrogens (tertiary/aromatic N) is 1. The lowest BCUT2D eigenvalue weighted by atomic mass is 9.81. The van der Waals surface area contributed by atoms with Gasteiger partial charge in [0.25, 0.3) is 0 Å². The molecule has 4 aromatic carbocycles. The molecule has 43 heavy (non-hydrogen) atoms. The highest BCUT2D eigenvalue weighted by molar-refractivity contribution is 7.81. The van der Waals surface area contributed by atoms with Gasteiger partial charge in [-0.05, 0) is 54.3 Å². The molecule has 0 unspecified atom stereocenters. The molecule has 0 saturated carbocycles. The van der Waals surface area contributed by atoms with Gasteiger partial charge in [-0.15, -0.1) is 0 Å². The average Bonchev–Trinajstić information content (AvgIpc) is 3.04. The van der Waals surface area contributed by atoms with E-state index in [1.165, 1.54) is 0 Å². The van der Waals surface area contributed by atoms with Gasteiger partial charge in [0.2, 0.25) is 5.75 Å². The summed E-state index contributed by atoms with van der Waals surface area (Å²) in [6.07, 6.45) is 2.73. The van der Waals surface area contributed by atoms with Crippen molar-refractivity contribution in [3.8, 4) is 17.2 Å². The molecular formula is C35H33N3O4S. The Morgan fingerprint density at radius 1 is 0.837 bits per heavy atom. The number of thiocarbonyl (C=S) groups is 1. The zero-order valence-electron chi connectivity index (χ0n) is 24.3. The van der Waals surface area contributed by atoms with Gasteiger partial charge in [-0.2, -0.15) is 0 Å². The molecule has 0 heterocycles. The van der Waals surface area contributed by atoms with Crippen molar-refractivity contribution in [2.24, 2.45) is 4.99 Å². The number of carbonyl (C=O) groups is 1. The molecule has 1 atom stereocenters. The number of benzene rings is 4. The number of methoxy groups -OCH3 is 3. The third-order valence-corrected chi connectivity index (χ3v) is 7.53. The summed E-state index contributed by atoms with van der Waals surface area (Å²) >= 11 is 5.80. The van der Waals surface area contributed by atoms with Gasteiger partial charge >= 0.3 is 0 Å². The number of ether oxygens (including phenoxy) is 3. The summed E-state index contributed by atoms with van der Waals surface area (Å²) in [5, 5.41) is 6.80. The number of para-hydroxylation sites is 3. The Kier molecular flexibility index (Phi) is 9.49. The van der Waals surface area contributed by atoms with E-state index in [0.29, 0.717) is 46.3 Å². The van der Waals surface area contributed by atoms with E-state index >= 15 is 0 Å². The van der Waals surface area contributed by atoms with Crippen molar-refractivity contribution in [2.75, 3.05) is 32.0 Å². The van der Waals surface area contributed by atoms with Crippen LogP contribution >= 0.6 is 12.2 Å². The Morgan fingerprint density at radius 3 is 2.12 bits per heavy atom. The molecule has 218 valence electrons. The van der Waals surface area contributed by atoms with Crippen LogP contribution in [0.2, 0.25) is 0 Å². The van der Waals surface area contributed by atoms with Crippen LogP contribution in [0.25, 0.3) is 0 Å². The van der Waals surface area contributed by atoms with Crippen LogP contribution in [0.5, 0.6) is 17.2 Å². The first-order chi connectivity index (χ1) is 21.0. The Labute approximate surface area is 257 Å². The van der Waals surface area contributed by atoms with Crippen molar-refractivity contribution in [1.82, 2.24) is 0 Å². The zero-order valence-corrected chi connectivity index (χ0v) is 25.1. The number of carbonyl (C=O) groups excluding carboxylic acids is 1. The van der Waals surface area contributed by atoms with E-state index in [9.17, 15) is 4.79 Å². The number of allylic oxidation sites excluding steroid dienone is 1. The monoisotopic (exact) mass is 591 g/mol. The van der Waals surface area contributed by atoms with Gasteiger partial charge in [-0.3, -0.25) is 9.79 Å². The highest BCUT2D eigenvalue weighted by Gasteiger charge is 2.31. The Bertz CT molecular complexity index is 1640. The molecular weight excluding hydrogens is 558 g/mol. The minimum Gasteiger partial charge on any atom is -0.493 e. The third kappa shape index (κ3) is 6.93. The van der Waals surface area contributed by atoms with E-state index < -0.39 is 0 Å². The summed E-state index contributed by atoms with van der Waals surface area (Å²) in [5.41, 5.74) is 5.41. The second-order valence-electron chi connectivity index (χ2n) is 9.97. The number of rotatable bonds is 10. The largest absolute Gasteiger partial charge is 0.493 e. The van der Waals surface area contributed by atoms with Crippen LogP contribution in [0, 0.1) is 0 Å². The summed E-state index contributed by atoms with van der Waals surface area (Å²) in [5.74, 6) is 1.61. The number of aliphatic imine (C=N–C) groups is 1. The molecule has 0 fully saturated rings. The smallest absolute Gasteiger partial charge is 0.203 e. The van der Waals surface area contributed by atoms with E-state index in [1.807, 2.05) is 84.9 Å². The van der Waals surface area contributed by atoms with Crippen molar-refractivity contribution in [3.63, 3.8) is 0 Å². The highest BCUT2D eigenvalue weighted by atomic mass is 32.1. The van der Waals surface area contributed by atoms with Crippen LogP contribution in [-0.2, 0) is 4.79 Å². The van der Waals surface area contributed by atoms with Crippen LogP contribution in [0.4, 0.5) is 17.1 Å². The van der Waals surface area contributed by atoms with E-state index in [0.717, 1.165) is 28.2 Å². The molecule has 0 amide bonds. The molecule has 0 saturated heterocycles. The Balaban J connectivity index is 1.50. The van der Waals surface area contributed by atoms with Crippen molar-refractivity contribution < 1.29 is 19.0 Å². The molecule has 0 aliphatic heterocycles. The number of Topliss-reactive ketones (excluding diaryl/α,β-unsaturated/α-hetero) is 1. The van der Waals surface area contributed by atoms with E-state index in [4.69, 9.17) is 31.4 Å². The normalized spacial score (nSPS) is 14.9. The van der Waals surface area contributed by atoms with Gasteiger partial charge in [0.05, 0.1) is 38.3 Å². The van der Waals surface area contributed by atoms with Crippen LogP contribution in [0.1, 0.15) is 29.9 Å². The first-order valence-electron chi connectivity index (χ1n) is 13.9. The topological polar surface area (TPSA) is 81.2 Å². The van der Waals surface area contributed by atoms with Gasteiger partial charge in [0.15, 0.2) is 17.3 Å². The van der Waals surface area contributed by atoms with Gasteiger partial charge < -0.3 is 24.8 Å². The van der Waals surface area contributed by atoms with Crippen molar-refractivity contribution in [1.29, 1.82) is 0 Å². The molecule has 0 radical (unpaired) electrons. The van der Waals surface area contributed by atoms with Gasteiger partial charge in [-0.1, -0.05) is 72.9 Å². The maximum absolute atomic E-state index is 13.7. The number of hydrogen-bond acceptors (Lipinski definition) is 7. The van der Waals surface area contributed by atoms with Crippen LogP contribution in [0.3, 0.4) is 0 Å². The number of nitrogens with one attached hydrogen (secondary N) is 2. The molecule has 0 aromatic heterocycles. The predicted molar refractivity (Wildman–Crippen MR) is 177 cm³/mol. The molecule has 1 aliphatic carbocycles. The maximum Gasteiger partial charge on any atom is 0.203 e. The summed E-state index contributed by atoms with van der Waals surface area (Å²) in [6.45, 7) is 0. The fraction of sp³-hybridized carbons (Fsp3) is 0.171. The van der Waals surface area contributed by atoms with E-state index in [2.05, 4.69) is 22.8 Å². The summed E-state index contributed by atoms with van der Waals surface area (Å²) in [4.78, 5) is 18.9. The average molecular weight is 592 g/mol. The molecule has 7 nitrogen and oxygen atoms in total. The second kappa shape index (κ2) is 13.8. The van der Waals surface area contributed by atoms with E-state index in [1.54, 1.807) is 27.5 Å². The van der Waals surface area contributed by atoms with Crippen LogP contribution in [-0.4, -0.2) is 38.3 Å². The van der Waals surface area contributed by atoms with Gasteiger partial charge in [0.1, 0.15) is 4.99 Å². The molecule has 1 aliphatic rings. The first-order valence-corrected chi connectivity index (χ1v) is 14.3. The maximum atomic E-state index is 13.7.